The number of amides is 1. The van der Waals surface area contributed by atoms with Gasteiger partial charge in [-0.1, -0.05) is 36.4 Å². The number of rotatable bonds is 8. The van der Waals surface area contributed by atoms with E-state index in [2.05, 4.69) is 10.3 Å². The van der Waals surface area contributed by atoms with Crippen LogP contribution in [0, 0.1) is 0 Å². The smallest absolute Gasteiger partial charge is 0.255 e. The summed E-state index contributed by atoms with van der Waals surface area (Å²) >= 11 is 0. The van der Waals surface area contributed by atoms with Crippen molar-refractivity contribution in [3.8, 4) is 22.9 Å². The zero-order valence-electron chi connectivity index (χ0n) is 21.7. The number of hydrogen-bond donors (Lipinski definition) is 3. The Hall–Kier alpha value is -4.11. The van der Waals surface area contributed by atoms with Crippen LogP contribution in [0.15, 0.2) is 54.7 Å². The van der Waals surface area contributed by atoms with Gasteiger partial charge in [-0.15, -0.1) is 0 Å². The van der Waals surface area contributed by atoms with E-state index in [9.17, 15) is 9.90 Å². The Morgan fingerprint density at radius 3 is 2.58 bits per heavy atom. The van der Waals surface area contributed by atoms with Crippen molar-refractivity contribution in [3.05, 3.63) is 71.7 Å². The van der Waals surface area contributed by atoms with E-state index in [1.165, 1.54) is 0 Å². The fourth-order valence-corrected chi connectivity index (χ4v) is 5.09. The molecule has 0 spiro atoms. The first kappa shape index (κ1) is 25.5. The third-order valence-corrected chi connectivity index (χ3v) is 7.07. The molecule has 0 aliphatic heterocycles. The van der Waals surface area contributed by atoms with Crippen LogP contribution in [-0.4, -0.2) is 45.2 Å². The molecule has 2 aromatic heterocycles. The second-order valence-corrected chi connectivity index (χ2v) is 9.50. The number of nitrogens with zero attached hydrogens (tertiary/aromatic N) is 3. The summed E-state index contributed by atoms with van der Waals surface area (Å²) in [6.07, 6.45) is 4.57. The van der Waals surface area contributed by atoms with Gasteiger partial charge in [0, 0.05) is 18.0 Å². The lowest BCUT2D eigenvalue weighted by Crippen LogP contribution is -2.23. The number of aromatic nitrogens is 3. The number of para-hydroxylation sites is 1. The maximum absolute atomic E-state index is 12.7. The lowest BCUT2D eigenvalue weighted by Gasteiger charge is -2.24. The molecule has 9 nitrogen and oxygen atoms in total. The highest BCUT2D eigenvalue weighted by Crippen LogP contribution is 2.39. The van der Waals surface area contributed by atoms with Crippen LogP contribution in [-0.2, 0) is 6.54 Å². The number of nitrogens with one attached hydrogen (secondary N) is 1. The van der Waals surface area contributed by atoms with Gasteiger partial charge >= 0.3 is 0 Å². The first-order valence-corrected chi connectivity index (χ1v) is 13.0. The van der Waals surface area contributed by atoms with Crippen molar-refractivity contribution in [3.63, 3.8) is 0 Å². The Bertz CT molecular complexity index is 1430. The van der Waals surface area contributed by atoms with Gasteiger partial charge < -0.3 is 25.6 Å². The van der Waals surface area contributed by atoms with Crippen LogP contribution in [0.2, 0.25) is 0 Å². The minimum absolute atomic E-state index is 0.185. The van der Waals surface area contributed by atoms with Gasteiger partial charge in [0.1, 0.15) is 28.6 Å². The SMILES string of the molecule is CCOc1cnc(N)c2c(-c3ccc(CNC(=O)c4ccccc4OC)cc3)nc(C3CCC(O)CC3)n12. The summed E-state index contributed by atoms with van der Waals surface area (Å²) in [5.74, 6) is 2.39. The van der Waals surface area contributed by atoms with Crippen molar-refractivity contribution in [2.75, 3.05) is 19.5 Å². The van der Waals surface area contributed by atoms with Crippen molar-refractivity contribution < 1.29 is 19.4 Å². The maximum atomic E-state index is 12.7. The number of methoxy groups -OCH3 is 1. The van der Waals surface area contributed by atoms with Gasteiger partial charge in [-0.25, -0.2) is 9.97 Å². The number of hydrogen-bond acceptors (Lipinski definition) is 7. The number of ether oxygens (including phenoxy) is 2. The van der Waals surface area contributed by atoms with E-state index in [1.807, 2.05) is 47.7 Å². The fraction of sp³-hybridized carbons (Fsp3) is 0.345. The predicted molar refractivity (Wildman–Crippen MR) is 145 cm³/mol. The van der Waals surface area contributed by atoms with Crippen LogP contribution in [0.1, 0.15) is 60.3 Å². The summed E-state index contributed by atoms with van der Waals surface area (Å²) in [7, 11) is 1.55. The minimum atomic E-state index is -0.258. The van der Waals surface area contributed by atoms with E-state index in [4.69, 9.17) is 20.2 Å². The minimum Gasteiger partial charge on any atom is -0.496 e. The Balaban J connectivity index is 1.44. The van der Waals surface area contributed by atoms with Gasteiger partial charge in [0.25, 0.3) is 5.91 Å². The first-order valence-electron chi connectivity index (χ1n) is 13.0. The average molecular weight is 516 g/mol. The molecule has 0 bridgehead atoms. The van der Waals surface area contributed by atoms with Crippen LogP contribution in [0.5, 0.6) is 11.6 Å². The molecule has 198 valence electrons. The van der Waals surface area contributed by atoms with Gasteiger partial charge in [-0.3, -0.25) is 9.20 Å². The summed E-state index contributed by atoms with van der Waals surface area (Å²) in [6.45, 7) is 2.79. The molecule has 2 aromatic carbocycles. The molecule has 38 heavy (non-hydrogen) atoms. The molecule has 0 radical (unpaired) electrons. The summed E-state index contributed by atoms with van der Waals surface area (Å²) < 4.78 is 13.2. The van der Waals surface area contributed by atoms with Crippen LogP contribution in [0.25, 0.3) is 16.8 Å². The molecule has 1 fully saturated rings. The fourth-order valence-electron chi connectivity index (χ4n) is 5.09. The number of aliphatic hydroxyl groups excluding tert-OH is 1. The van der Waals surface area contributed by atoms with Crippen molar-refractivity contribution in [2.45, 2.75) is 51.2 Å². The largest absolute Gasteiger partial charge is 0.496 e. The van der Waals surface area contributed by atoms with Crippen LogP contribution in [0.4, 0.5) is 5.82 Å². The molecule has 2 heterocycles. The standard InChI is InChI=1S/C29H33N5O4/c1-3-38-24-17-31-27(30)26-25(33-28(34(24)26)20-12-14-21(35)15-13-20)19-10-8-18(9-11-19)16-32-29(36)22-6-4-5-7-23(22)37-2/h4-11,17,20-21,35H,3,12-16H2,1-2H3,(H2,30,31)(H,32,36). The van der Waals surface area contributed by atoms with E-state index in [0.717, 1.165) is 48.3 Å². The molecule has 4 aromatic rings. The van der Waals surface area contributed by atoms with Crippen molar-refractivity contribution in [1.29, 1.82) is 0 Å². The van der Waals surface area contributed by atoms with Gasteiger partial charge in [-0.05, 0) is 50.3 Å². The maximum Gasteiger partial charge on any atom is 0.255 e. The van der Waals surface area contributed by atoms with Crippen molar-refractivity contribution in [1.82, 2.24) is 19.7 Å². The van der Waals surface area contributed by atoms with E-state index < -0.39 is 0 Å². The van der Waals surface area contributed by atoms with Crippen molar-refractivity contribution >= 4 is 17.2 Å². The van der Waals surface area contributed by atoms with Crippen LogP contribution < -0.4 is 20.5 Å². The second-order valence-electron chi connectivity index (χ2n) is 9.50. The molecule has 0 saturated heterocycles. The van der Waals surface area contributed by atoms with Gasteiger partial charge in [-0.2, -0.15) is 0 Å². The monoisotopic (exact) mass is 515 g/mol. The Morgan fingerprint density at radius 1 is 1.13 bits per heavy atom. The topological polar surface area (TPSA) is 124 Å². The van der Waals surface area contributed by atoms with Gasteiger partial charge in [0.15, 0.2) is 0 Å². The number of nitrogens with two attached hydrogens (primary N) is 1. The van der Waals surface area contributed by atoms with E-state index in [0.29, 0.717) is 41.7 Å². The van der Waals surface area contributed by atoms with Crippen LogP contribution in [0.3, 0.4) is 0 Å². The molecule has 1 saturated carbocycles. The Kier molecular flexibility index (Phi) is 7.46. The number of carbonyl (C=O) groups excluding carboxylic acids is 1. The molecule has 9 heteroatoms. The summed E-state index contributed by atoms with van der Waals surface area (Å²) in [4.78, 5) is 22.1. The molecule has 5 rings (SSSR count). The number of benzene rings is 2. The number of imidazole rings is 1. The van der Waals surface area contributed by atoms with Gasteiger partial charge in [0.05, 0.1) is 31.6 Å². The van der Waals surface area contributed by atoms with Crippen LogP contribution >= 0.6 is 0 Å². The highest BCUT2D eigenvalue weighted by molar-refractivity contribution is 5.96. The lowest BCUT2D eigenvalue weighted by molar-refractivity contribution is 0.0947. The first-order chi connectivity index (χ1) is 18.5. The molecule has 1 aliphatic rings. The summed E-state index contributed by atoms with van der Waals surface area (Å²) in [5, 5.41) is 13.0. The highest BCUT2D eigenvalue weighted by Gasteiger charge is 2.28. The second kappa shape index (κ2) is 11.1. The highest BCUT2D eigenvalue weighted by atomic mass is 16.5. The molecule has 1 amide bonds. The number of aliphatic hydroxyl groups is 1. The van der Waals surface area contributed by atoms with E-state index in [-0.39, 0.29) is 17.9 Å². The normalized spacial score (nSPS) is 17.3. The number of carbonyl (C=O) groups is 1. The molecular weight excluding hydrogens is 482 g/mol. The lowest BCUT2D eigenvalue weighted by atomic mass is 9.87. The number of anilines is 1. The van der Waals surface area contributed by atoms with E-state index >= 15 is 0 Å². The molecule has 4 N–H and O–H groups in total. The average Bonchev–Trinajstić information content (AvgIpc) is 3.36. The number of fused-ring (bicyclic) bond motifs is 1. The third kappa shape index (κ3) is 5.02. The summed E-state index contributed by atoms with van der Waals surface area (Å²) in [5.41, 5.74) is 10.2. The zero-order valence-corrected chi connectivity index (χ0v) is 21.7. The molecule has 0 unspecified atom stereocenters. The zero-order chi connectivity index (χ0) is 26.6. The third-order valence-electron chi connectivity index (χ3n) is 7.07. The van der Waals surface area contributed by atoms with E-state index in [1.54, 1.807) is 25.4 Å². The molecular formula is C29H33N5O4. The Morgan fingerprint density at radius 2 is 1.87 bits per heavy atom. The molecule has 0 atom stereocenters. The van der Waals surface area contributed by atoms with Crippen molar-refractivity contribution in [2.24, 2.45) is 0 Å². The quantitative estimate of drug-likeness (QED) is 0.319. The summed E-state index contributed by atoms with van der Waals surface area (Å²) in [6, 6.07) is 15.0. The van der Waals surface area contributed by atoms with Gasteiger partial charge in [0.2, 0.25) is 5.88 Å². The number of nitrogen functional groups attached to an aromatic ring is 1. The predicted octanol–water partition coefficient (Wildman–Crippen LogP) is 4.33. The molecule has 1 aliphatic carbocycles. The Labute approximate surface area is 221 Å².